The molecule has 0 unspecified atom stereocenters. The standard InChI is InChI=1S/C4H4S.H2O/c1-2-4-5-3-1;/h1-4H;1H2/p+1. The lowest BCUT2D eigenvalue weighted by Crippen LogP contribution is -1.16. The maximum Gasteiger partial charge on any atom is 1.00 e. The van der Waals surface area contributed by atoms with Gasteiger partial charge in [-0.1, -0.05) is 12.1 Å². The van der Waals surface area contributed by atoms with Crippen molar-refractivity contribution in [2.75, 3.05) is 0 Å². The van der Waals surface area contributed by atoms with Crippen LogP contribution in [0.2, 0.25) is 0 Å². The molecule has 2 heteroatoms. The third-order valence-electron chi connectivity index (χ3n) is 0.425. The molecule has 0 atom stereocenters. The highest BCUT2D eigenvalue weighted by Gasteiger charge is 1.58. The first kappa shape index (κ1) is 5.66. The van der Waals surface area contributed by atoms with E-state index in [0.29, 0.717) is 0 Å². The molecule has 0 aliphatic rings. The Morgan fingerprint density at radius 2 is 1.67 bits per heavy atom. The van der Waals surface area contributed by atoms with Crippen LogP contribution in [0.5, 0.6) is 0 Å². The average Bonchev–Trinajstić information content (AvgIpc) is 1.76. The summed E-state index contributed by atoms with van der Waals surface area (Å²) >= 11 is 1.71. The van der Waals surface area contributed by atoms with Gasteiger partial charge in [-0.15, -0.1) is 0 Å². The largest absolute Gasteiger partial charge is 1.00 e. The smallest absolute Gasteiger partial charge is 0.412 e. The van der Waals surface area contributed by atoms with Crippen molar-refractivity contribution in [3.05, 3.63) is 22.9 Å². The fourth-order valence-corrected chi connectivity index (χ4v) is 0.680. The molecule has 34 valence electrons. The molecule has 0 bridgehead atoms. The molecule has 1 heterocycles. The van der Waals surface area contributed by atoms with Crippen molar-refractivity contribution in [3.63, 3.8) is 0 Å². The van der Waals surface area contributed by atoms with Crippen molar-refractivity contribution >= 4 is 11.3 Å². The van der Waals surface area contributed by atoms with Crippen LogP contribution in [0.3, 0.4) is 0 Å². The minimum atomic E-state index is 0. The first-order valence-corrected chi connectivity index (χ1v) is 2.41. The maximum atomic E-state index is 2.04. The van der Waals surface area contributed by atoms with Gasteiger partial charge in [-0.2, -0.15) is 11.3 Å². The van der Waals surface area contributed by atoms with Gasteiger partial charge in [0, 0.05) is 0 Å². The molecule has 1 nitrogen and oxygen atoms in total. The predicted octanol–water partition coefficient (Wildman–Crippen LogP) is 1.04. The number of hydrogen-bond donors (Lipinski definition) is 0. The van der Waals surface area contributed by atoms with Crippen LogP contribution in [0.1, 0.15) is 1.43 Å². The highest BCUT2D eigenvalue weighted by molar-refractivity contribution is 7.07. The SMILES string of the molecule is O.[H+].c1ccsc1. The third-order valence-corrected chi connectivity index (χ3v) is 1.05. The summed E-state index contributed by atoms with van der Waals surface area (Å²) in [5.41, 5.74) is 0. The lowest BCUT2D eigenvalue weighted by molar-refractivity contribution is 0.824. The van der Waals surface area contributed by atoms with Gasteiger partial charge in [0.1, 0.15) is 0 Å². The summed E-state index contributed by atoms with van der Waals surface area (Å²) in [5, 5.41) is 4.08. The van der Waals surface area contributed by atoms with Crippen LogP contribution in [0, 0.1) is 0 Å². The molecule has 1 aromatic rings. The summed E-state index contributed by atoms with van der Waals surface area (Å²) in [6.07, 6.45) is 0. The highest BCUT2D eigenvalue weighted by atomic mass is 32.1. The number of hydrogen-bond acceptors (Lipinski definition) is 1. The molecule has 0 radical (unpaired) electrons. The molecule has 0 saturated heterocycles. The quantitative estimate of drug-likeness (QED) is 0.470. The molecule has 1 rings (SSSR count). The van der Waals surface area contributed by atoms with Crippen LogP contribution >= 0.6 is 11.3 Å². The van der Waals surface area contributed by atoms with Crippen LogP contribution in [0.15, 0.2) is 22.9 Å². The highest BCUT2D eigenvalue weighted by Crippen LogP contribution is 1.91. The topological polar surface area (TPSA) is 31.5 Å². The Labute approximate surface area is 42.0 Å². The lowest BCUT2D eigenvalue weighted by atomic mass is 10.7. The zero-order valence-corrected chi connectivity index (χ0v) is 4.03. The fraction of sp³-hybridized carbons (Fsp3) is 0. The number of rotatable bonds is 0. The molecule has 0 aliphatic carbocycles. The van der Waals surface area contributed by atoms with Crippen LogP contribution in [-0.4, -0.2) is 5.48 Å². The minimum absolute atomic E-state index is 0. The first-order chi connectivity index (χ1) is 2.50. The number of thiophene rings is 1. The van der Waals surface area contributed by atoms with Crippen molar-refractivity contribution in [3.8, 4) is 0 Å². The Bertz CT molecular complexity index is 68.2. The molecular formula is C4H7OS+. The summed E-state index contributed by atoms with van der Waals surface area (Å²) in [4.78, 5) is 0. The molecule has 0 spiro atoms. The Balaban J connectivity index is 0. The van der Waals surface area contributed by atoms with E-state index in [1.807, 2.05) is 22.9 Å². The molecule has 1 aromatic heterocycles. The molecule has 0 fully saturated rings. The monoisotopic (exact) mass is 103 g/mol. The molecule has 0 saturated carbocycles. The van der Waals surface area contributed by atoms with Gasteiger partial charge in [0.25, 0.3) is 0 Å². The molecule has 6 heavy (non-hydrogen) atoms. The van der Waals surface area contributed by atoms with Gasteiger partial charge >= 0.3 is 1.43 Å². The van der Waals surface area contributed by atoms with E-state index in [4.69, 9.17) is 0 Å². The van der Waals surface area contributed by atoms with Crippen LogP contribution in [-0.2, 0) is 0 Å². The van der Waals surface area contributed by atoms with E-state index in [1.54, 1.807) is 11.3 Å². The second-order valence-corrected chi connectivity index (χ2v) is 1.61. The summed E-state index contributed by atoms with van der Waals surface area (Å²) in [5.74, 6) is 0. The van der Waals surface area contributed by atoms with E-state index < -0.39 is 0 Å². The average molecular weight is 103 g/mol. The van der Waals surface area contributed by atoms with Gasteiger partial charge in [-0.3, -0.25) is 0 Å². The molecule has 0 aliphatic heterocycles. The third kappa shape index (κ3) is 1.19. The van der Waals surface area contributed by atoms with Crippen LogP contribution in [0.25, 0.3) is 0 Å². The maximum absolute atomic E-state index is 2.04. The van der Waals surface area contributed by atoms with Crippen molar-refractivity contribution in [1.82, 2.24) is 0 Å². The van der Waals surface area contributed by atoms with E-state index in [1.165, 1.54) is 0 Å². The van der Waals surface area contributed by atoms with Crippen molar-refractivity contribution in [1.29, 1.82) is 0 Å². The molecule has 0 aromatic carbocycles. The van der Waals surface area contributed by atoms with Gasteiger partial charge in [-0.25, -0.2) is 0 Å². The summed E-state index contributed by atoms with van der Waals surface area (Å²) < 4.78 is 0. The Morgan fingerprint density at radius 1 is 1.17 bits per heavy atom. The zero-order chi connectivity index (χ0) is 3.54. The van der Waals surface area contributed by atoms with E-state index in [2.05, 4.69) is 0 Å². The van der Waals surface area contributed by atoms with Gasteiger partial charge in [-0.05, 0) is 10.8 Å². The van der Waals surface area contributed by atoms with E-state index in [0.717, 1.165) is 0 Å². The second kappa shape index (κ2) is 2.87. The summed E-state index contributed by atoms with van der Waals surface area (Å²) in [6.45, 7) is 0. The van der Waals surface area contributed by atoms with Crippen LogP contribution < -0.4 is 0 Å². The van der Waals surface area contributed by atoms with Gasteiger partial charge in [0.05, 0.1) is 0 Å². The van der Waals surface area contributed by atoms with E-state index in [9.17, 15) is 0 Å². The first-order valence-electron chi connectivity index (χ1n) is 1.47. The molecule has 0 amide bonds. The minimum Gasteiger partial charge on any atom is -0.412 e. The van der Waals surface area contributed by atoms with Crippen molar-refractivity contribution in [2.45, 2.75) is 0 Å². The Morgan fingerprint density at radius 3 is 1.83 bits per heavy atom. The second-order valence-electron chi connectivity index (χ2n) is 0.793. The van der Waals surface area contributed by atoms with Gasteiger partial charge in [0.15, 0.2) is 0 Å². The van der Waals surface area contributed by atoms with E-state index >= 15 is 0 Å². The van der Waals surface area contributed by atoms with Crippen molar-refractivity contribution in [2.24, 2.45) is 0 Å². The normalized spacial score (nSPS) is 6.67. The van der Waals surface area contributed by atoms with Crippen molar-refractivity contribution < 1.29 is 6.90 Å². The molecular weight excluding hydrogens is 96.1 g/mol. The fourth-order valence-electron chi connectivity index (χ4n) is 0.227. The Hall–Kier alpha value is -0.340. The van der Waals surface area contributed by atoms with Crippen LogP contribution in [0.4, 0.5) is 0 Å². The Kier molecular flexibility index (Phi) is 2.71. The van der Waals surface area contributed by atoms with Gasteiger partial charge in [0.2, 0.25) is 0 Å². The molecule has 2 N–H and O–H groups in total. The lowest BCUT2D eigenvalue weighted by Gasteiger charge is -1.39. The summed E-state index contributed by atoms with van der Waals surface area (Å²) in [6, 6.07) is 4.04. The summed E-state index contributed by atoms with van der Waals surface area (Å²) in [7, 11) is 0. The van der Waals surface area contributed by atoms with E-state index in [-0.39, 0.29) is 6.90 Å². The predicted molar refractivity (Wildman–Crippen MR) is 29.0 cm³/mol. The zero-order valence-electron chi connectivity index (χ0n) is 4.22. The van der Waals surface area contributed by atoms with Gasteiger partial charge < -0.3 is 5.48 Å².